The van der Waals surface area contributed by atoms with E-state index >= 15 is 0 Å². The Morgan fingerprint density at radius 3 is 1.72 bits per heavy atom. The predicted molar refractivity (Wildman–Crippen MR) is 78.6 cm³/mol. The molecule has 0 aromatic heterocycles. The fraction of sp³-hybridized carbons (Fsp3) is 1.00. The van der Waals surface area contributed by atoms with E-state index in [9.17, 15) is 14.4 Å². The minimum absolute atomic E-state index is 0.298. The summed E-state index contributed by atoms with van der Waals surface area (Å²) in [5.41, 5.74) is -0.679. The lowest BCUT2D eigenvalue weighted by Crippen LogP contribution is -2.48. The maximum atomic E-state index is 11.4. The van der Waals surface area contributed by atoms with Gasteiger partial charge >= 0.3 is 7.60 Å². The monoisotopic (exact) mass is 275 g/mol. The van der Waals surface area contributed by atoms with Gasteiger partial charge in [0.15, 0.2) is 5.34 Å². The Morgan fingerprint density at radius 2 is 1.44 bits per heavy atom. The molecule has 0 heterocycles. The Labute approximate surface area is 112 Å². The average Bonchev–Trinajstić information content (AvgIpc) is 1.95. The molecule has 0 aromatic carbocycles. The molecule has 0 saturated carbocycles. The molecule has 0 fully saturated rings. The summed E-state index contributed by atoms with van der Waals surface area (Å²) in [5, 5.41) is -1.79. The normalized spacial score (nSPS) is 14.6. The van der Waals surface area contributed by atoms with Gasteiger partial charge in [-0.1, -0.05) is 27.5 Å². The van der Waals surface area contributed by atoms with E-state index in [-0.39, 0.29) is 5.31 Å². The van der Waals surface area contributed by atoms with Crippen LogP contribution >= 0.6 is 7.60 Å². The molecule has 1 radical (unpaired) electrons. The van der Waals surface area contributed by atoms with Gasteiger partial charge in [0.2, 0.25) is 0 Å². The predicted octanol–water partition coefficient (Wildman–Crippen LogP) is 2.85. The topological polar surface area (TPSA) is 66.8 Å². The van der Waals surface area contributed by atoms with Crippen LogP contribution in [0.5, 0.6) is 0 Å². The second-order valence-electron chi connectivity index (χ2n) is 6.74. The first-order chi connectivity index (χ1) is 7.62. The third-order valence-corrected chi connectivity index (χ3v) is 5.00. The maximum Gasteiger partial charge on any atom is 0.356 e. The summed E-state index contributed by atoms with van der Waals surface area (Å²) in [4.78, 5) is 18.7. The van der Waals surface area contributed by atoms with Crippen LogP contribution < -0.4 is 0 Å². The zero-order valence-corrected chi connectivity index (χ0v) is 13.7. The molecule has 2 N–H and O–H groups in total. The highest BCUT2D eigenvalue weighted by atomic mass is 31.2. The molecular weight excluding hydrogens is 249 g/mol. The highest BCUT2D eigenvalue weighted by molar-refractivity contribution is 7.53. The third-order valence-electron chi connectivity index (χ3n) is 3.51. The first-order valence-electron chi connectivity index (χ1n) is 6.24. The van der Waals surface area contributed by atoms with Gasteiger partial charge in [-0.25, -0.2) is 0 Å². The van der Waals surface area contributed by atoms with Crippen molar-refractivity contribution in [3.8, 4) is 0 Å². The van der Waals surface area contributed by atoms with E-state index in [1.807, 2.05) is 27.7 Å². The van der Waals surface area contributed by atoms with Gasteiger partial charge in [-0.3, -0.25) is 4.57 Å². The lowest BCUT2D eigenvalue weighted by atomic mass is 9.16. The Balaban J connectivity index is 5.12. The van der Waals surface area contributed by atoms with Crippen molar-refractivity contribution in [3.63, 3.8) is 0 Å². The molecule has 0 atom stereocenters. The van der Waals surface area contributed by atoms with Gasteiger partial charge in [-0.05, 0) is 33.0 Å². The van der Waals surface area contributed by atoms with Crippen molar-refractivity contribution in [1.29, 1.82) is 0 Å². The molecule has 0 aliphatic rings. The molecule has 0 rings (SSSR count). The van der Waals surface area contributed by atoms with Crippen molar-refractivity contribution in [1.82, 2.24) is 0 Å². The van der Waals surface area contributed by atoms with Gasteiger partial charge in [0.1, 0.15) is 0 Å². The SMILES string of the molecule is CB(C)[B]C(C)(C)C(C)(C)OC(C)(C)P(=O)(O)O. The summed E-state index contributed by atoms with van der Waals surface area (Å²) >= 11 is 0. The van der Waals surface area contributed by atoms with E-state index in [2.05, 4.69) is 20.8 Å². The van der Waals surface area contributed by atoms with E-state index in [1.54, 1.807) is 0 Å². The van der Waals surface area contributed by atoms with E-state index in [1.165, 1.54) is 13.8 Å². The average molecular weight is 275 g/mol. The van der Waals surface area contributed by atoms with Gasteiger partial charge < -0.3 is 14.5 Å². The summed E-state index contributed by atoms with van der Waals surface area (Å²) in [7, 11) is -2.16. The standard InChI is InChI=1S/C11H26B2O4P/c1-9(2,12-13(7)8)10(3,4)17-11(5,6)18(14,15)16/h1-8H3,(H2,14,15,16). The molecule has 7 heteroatoms. The summed E-state index contributed by atoms with van der Waals surface area (Å²) in [6, 6.07) is 0. The molecule has 4 nitrogen and oxygen atoms in total. The number of hydrogen-bond donors (Lipinski definition) is 2. The van der Waals surface area contributed by atoms with E-state index in [0.717, 1.165) is 0 Å². The molecule has 0 aliphatic heterocycles. The molecule has 0 amide bonds. The molecular formula is C11H26B2O4P. The van der Waals surface area contributed by atoms with Crippen LogP contribution in [0.15, 0.2) is 0 Å². The summed E-state index contributed by atoms with van der Waals surface area (Å²) in [6.45, 7) is 15.2. The van der Waals surface area contributed by atoms with Crippen molar-refractivity contribution in [2.75, 3.05) is 0 Å². The Kier molecular flexibility index (Phi) is 5.39. The number of hydrogen-bond acceptors (Lipinski definition) is 2. The Morgan fingerprint density at radius 1 is 1.06 bits per heavy atom. The minimum atomic E-state index is -4.30. The van der Waals surface area contributed by atoms with Crippen molar-refractivity contribution in [2.45, 2.75) is 71.4 Å². The molecule has 0 spiro atoms. The molecule has 0 bridgehead atoms. The van der Waals surface area contributed by atoms with Gasteiger partial charge in [-0.2, -0.15) is 0 Å². The highest BCUT2D eigenvalue weighted by Crippen LogP contribution is 2.55. The maximum absolute atomic E-state index is 11.4. The number of rotatable bonds is 6. The van der Waals surface area contributed by atoms with Crippen LogP contribution in [0.1, 0.15) is 41.5 Å². The third kappa shape index (κ3) is 4.41. The van der Waals surface area contributed by atoms with Crippen LogP contribution in [0, 0.1) is 0 Å². The summed E-state index contributed by atoms with van der Waals surface area (Å²) in [6.07, 6.45) is 0. The molecule has 105 valence electrons. The van der Waals surface area contributed by atoms with Crippen LogP contribution in [-0.2, 0) is 9.30 Å². The molecule has 0 unspecified atom stereocenters. The second-order valence-corrected chi connectivity index (χ2v) is 8.90. The molecule has 0 aromatic rings. The van der Waals surface area contributed by atoms with Crippen LogP contribution in [0.2, 0.25) is 19.0 Å². The quantitative estimate of drug-likeness (QED) is 0.577. The van der Waals surface area contributed by atoms with Gasteiger partial charge in [-0.15, -0.1) is 0 Å². The van der Waals surface area contributed by atoms with Crippen LogP contribution in [0.3, 0.4) is 0 Å². The first kappa shape index (κ1) is 18.2. The van der Waals surface area contributed by atoms with Gasteiger partial charge in [0.25, 0.3) is 0 Å². The van der Waals surface area contributed by atoms with Crippen molar-refractivity contribution < 1.29 is 19.1 Å². The zero-order valence-electron chi connectivity index (χ0n) is 12.8. The van der Waals surface area contributed by atoms with Crippen molar-refractivity contribution in [2.24, 2.45) is 0 Å². The van der Waals surface area contributed by atoms with E-state index < -0.39 is 18.5 Å². The lowest BCUT2D eigenvalue weighted by Gasteiger charge is -2.46. The zero-order chi connectivity index (χ0) is 15.0. The van der Waals surface area contributed by atoms with Crippen molar-refractivity contribution in [3.05, 3.63) is 0 Å². The summed E-state index contributed by atoms with van der Waals surface area (Å²) < 4.78 is 17.2. The van der Waals surface area contributed by atoms with Crippen LogP contribution in [0.4, 0.5) is 0 Å². The Hall–Kier alpha value is 0.240. The fourth-order valence-corrected chi connectivity index (χ4v) is 2.20. The summed E-state index contributed by atoms with van der Waals surface area (Å²) in [5.74, 6) is 0. The largest absolute Gasteiger partial charge is 0.357 e. The number of ether oxygens (including phenoxy) is 1. The highest BCUT2D eigenvalue weighted by Gasteiger charge is 2.48. The smallest absolute Gasteiger partial charge is 0.356 e. The van der Waals surface area contributed by atoms with Gasteiger partial charge in [0, 0.05) is 0 Å². The first-order valence-corrected chi connectivity index (χ1v) is 7.85. The van der Waals surface area contributed by atoms with Crippen molar-refractivity contribution >= 4 is 21.4 Å². The van der Waals surface area contributed by atoms with E-state index in [0.29, 0.717) is 6.60 Å². The molecule has 0 aliphatic carbocycles. The van der Waals surface area contributed by atoms with Crippen LogP contribution in [-0.4, -0.2) is 34.5 Å². The minimum Gasteiger partial charge on any atom is -0.357 e. The lowest BCUT2D eigenvalue weighted by molar-refractivity contribution is -0.108. The Bertz CT molecular complexity index is 334. The van der Waals surface area contributed by atoms with Gasteiger partial charge in [0.05, 0.1) is 19.4 Å². The van der Waals surface area contributed by atoms with Crippen LogP contribution in [0.25, 0.3) is 0 Å². The molecule has 18 heavy (non-hydrogen) atoms. The fourth-order valence-electron chi connectivity index (χ4n) is 1.85. The second kappa shape index (κ2) is 5.32. The molecule has 0 saturated heterocycles. The van der Waals surface area contributed by atoms with E-state index in [4.69, 9.17) is 4.74 Å².